The van der Waals surface area contributed by atoms with Crippen molar-refractivity contribution >= 4 is 11.6 Å². The molecule has 2 heterocycles. The number of amides is 1. The first-order chi connectivity index (χ1) is 8.25. The largest absolute Gasteiger partial charge is 0.383 e. The molecule has 2 rings (SSSR count). The summed E-state index contributed by atoms with van der Waals surface area (Å²) in [6.45, 7) is 1.46. The number of hydrogen-bond donors (Lipinski definition) is 2. The molecule has 0 aliphatic rings. The number of anilines is 1. The van der Waals surface area contributed by atoms with Crippen LogP contribution in [0.15, 0.2) is 36.8 Å². The van der Waals surface area contributed by atoms with Crippen LogP contribution >= 0.6 is 0 Å². The number of hydrogen-bond acceptors (Lipinski definition) is 4. The van der Waals surface area contributed by atoms with Crippen LogP contribution in [0.4, 0.5) is 5.69 Å². The van der Waals surface area contributed by atoms with Crippen LogP contribution in [0.3, 0.4) is 0 Å². The Morgan fingerprint density at radius 1 is 1.47 bits per heavy atom. The van der Waals surface area contributed by atoms with Gasteiger partial charge in [0.25, 0.3) is 5.91 Å². The molecule has 88 valence electrons. The van der Waals surface area contributed by atoms with E-state index in [1.54, 1.807) is 24.5 Å². The Bertz CT molecular complexity index is 494. The maximum absolute atomic E-state index is 10.9. The highest BCUT2D eigenvalue weighted by molar-refractivity contribution is 5.91. The quantitative estimate of drug-likeness (QED) is 0.784. The van der Waals surface area contributed by atoms with E-state index in [-0.39, 0.29) is 5.69 Å². The van der Waals surface area contributed by atoms with Gasteiger partial charge in [0.1, 0.15) is 5.69 Å². The SMILES string of the molecule is NC(=O)c1cc(NCCn2cccn2)ccn1. The molecule has 0 fully saturated rings. The van der Waals surface area contributed by atoms with Crippen LogP contribution in [-0.4, -0.2) is 27.2 Å². The van der Waals surface area contributed by atoms with Gasteiger partial charge in [0.05, 0.1) is 6.54 Å². The molecule has 0 atom stereocenters. The molecule has 17 heavy (non-hydrogen) atoms. The van der Waals surface area contributed by atoms with Crippen molar-refractivity contribution in [1.82, 2.24) is 14.8 Å². The normalized spacial score (nSPS) is 10.1. The Morgan fingerprint density at radius 3 is 3.06 bits per heavy atom. The molecule has 0 aliphatic heterocycles. The highest BCUT2D eigenvalue weighted by Crippen LogP contribution is 2.06. The molecular formula is C11H13N5O. The lowest BCUT2D eigenvalue weighted by atomic mass is 10.3. The van der Waals surface area contributed by atoms with Gasteiger partial charge in [-0.3, -0.25) is 14.5 Å². The van der Waals surface area contributed by atoms with Gasteiger partial charge in [0, 0.05) is 30.8 Å². The van der Waals surface area contributed by atoms with Gasteiger partial charge < -0.3 is 11.1 Å². The fourth-order valence-corrected chi connectivity index (χ4v) is 1.42. The number of pyridine rings is 1. The van der Waals surface area contributed by atoms with Crippen LogP contribution in [-0.2, 0) is 6.54 Å². The average molecular weight is 231 g/mol. The first-order valence-corrected chi connectivity index (χ1v) is 5.23. The molecular weight excluding hydrogens is 218 g/mol. The summed E-state index contributed by atoms with van der Waals surface area (Å²) in [5, 5.41) is 7.25. The molecule has 3 N–H and O–H groups in total. The molecule has 0 aromatic carbocycles. The van der Waals surface area contributed by atoms with Crippen molar-refractivity contribution in [2.45, 2.75) is 6.54 Å². The summed E-state index contributed by atoms with van der Waals surface area (Å²) in [5.41, 5.74) is 6.22. The standard InChI is InChI=1S/C11H13N5O/c12-11(17)10-8-9(2-4-14-10)13-5-7-16-6-1-3-15-16/h1-4,6,8H,5,7H2,(H2,12,17)(H,13,14). The lowest BCUT2D eigenvalue weighted by Crippen LogP contribution is -2.14. The second-order valence-corrected chi connectivity index (χ2v) is 3.49. The average Bonchev–Trinajstić information content (AvgIpc) is 2.82. The first kappa shape index (κ1) is 11.1. The van der Waals surface area contributed by atoms with Gasteiger partial charge in [-0.15, -0.1) is 0 Å². The molecule has 0 saturated carbocycles. The van der Waals surface area contributed by atoms with Crippen LogP contribution in [0.2, 0.25) is 0 Å². The van der Waals surface area contributed by atoms with E-state index in [9.17, 15) is 4.79 Å². The Hall–Kier alpha value is -2.37. The third-order valence-electron chi connectivity index (χ3n) is 2.24. The molecule has 6 heteroatoms. The first-order valence-electron chi connectivity index (χ1n) is 5.23. The summed E-state index contributed by atoms with van der Waals surface area (Å²) >= 11 is 0. The Balaban J connectivity index is 1.90. The number of rotatable bonds is 5. The number of primary amides is 1. The van der Waals surface area contributed by atoms with Crippen LogP contribution < -0.4 is 11.1 Å². The topological polar surface area (TPSA) is 85.8 Å². The lowest BCUT2D eigenvalue weighted by molar-refractivity contribution is 0.0995. The van der Waals surface area contributed by atoms with E-state index >= 15 is 0 Å². The minimum Gasteiger partial charge on any atom is -0.383 e. The fraction of sp³-hybridized carbons (Fsp3) is 0.182. The molecule has 1 amide bonds. The fourth-order valence-electron chi connectivity index (χ4n) is 1.42. The monoisotopic (exact) mass is 231 g/mol. The van der Waals surface area contributed by atoms with Gasteiger partial charge >= 0.3 is 0 Å². The predicted octanol–water partition coefficient (Wildman–Crippen LogP) is 0.489. The number of carbonyl (C=O) groups is 1. The van der Waals surface area contributed by atoms with E-state index in [4.69, 9.17) is 5.73 Å². The zero-order valence-electron chi connectivity index (χ0n) is 9.21. The van der Waals surface area contributed by atoms with E-state index in [1.807, 2.05) is 16.9 Å². The predicted molar refractivity (Wildman–Crippen MR) is 63.5 cm³/mol. The van der Waals surface area contributed by atoms with Crippen molar-refractivity contribution in [1.29, 1.82) is 0 Å². The van der Waals surface area contributed by atoms with Crippen molar-refractivity contribution in [3.63, 3.8) is 0 Å². The van der Waals surface area contributed by atoms with E-state index in [2.05, 4.69) is 15.4 Å². The smallest absolute Gasteiger partial charge is 0.267 e. The number of nitrogens with zero attached hydrogens (tertiary/aromatic N) is 3. The van der Waals surface area contributed by atoms with Crippen molar-refractivity contribution in [3.05, 3.63) is 42.5 Å². The summed E-state index contributed by atoms with van der Waals surface area (Å²) < 4.78 is 1.82. The van der Waals surface area contributed by atoms with Gasteiger partial charge in [0.15, 0.2) is 0 Å². The maximum Gasteiger partial charge on any atom is 0.267 e. The van der Waals surface area contributed by atoms with Crippen LogP contribution in [0.5, 0.6) is 0 Å². The van der Waals surface area contributed by atoms with E-state index in [1.165, 1.54) is 0 Å². The Kier molecular flexibility index (Phi) is 3.34. The third-order valence-corrected chi connectivity index (χ3v) is 2.24. The molecule has 0 unspecified atom stereocenters. The molecule has 2 aromatic heterocycles. The second-order valence-electron chi connectivity index (χ2n) is 3.49. The summed E-state index contributed by atoms with van der Waals surface area (Å²) in [6.07, 6.45) is 5.18. The Morgan fingerprint density at radius 2 is 2.35 bits per heavy atom. The highest BCUT2D eigenvalue weighted by Gasteiger charge is 2.02. The summed E-state index contributed by atoms with van der Waals surface area (Å²) in [7, 11) is 0. The minimum atomic E-state index is -0.527. The summed E-state index contributed by atoms with van der Waals surface area (Å²) in [6, 6.07) is 5.29. The van der Waals surface area contributed by atoms with Crippen molar-refractivity contribution in [2.24, 2.45) is 5.73 Å². The highest BCUT2D eigenvalue weighted by atomic mass is 16.1. The Labute approximate surface area is 98.5 Å². The zero-order chi connectivity index (χ0) is 12.1. The van der Waals surface area contributed by atoms with Gasteiger partial charge in [-0.25, -0.2) is 0 Å². The molecule has 0 spiro atoms. The van der Waals surface area contributed by atoms with Gasteiger partial charge in [-0.2, -0.15) is 5.10 Å². The lowest BCUT2D eigenvalue weighted by Gasteiger charge is -2.06. The zero-order valence-corrected chi connectivity index (χ0v) is 9.21. The number of nitrogens with one attached hydrogen (secondary N) is 1. The van der Waals surface area contributed by atoms with Crippen molar-refractivity contribution in [3.8, 4) is 0 Å². The molecule has 6 nitrogen and oxygen atoms in total. The van der Waals surface area contributed by atoms with Crippen LogP contribution in [0, 0.1) is 0 Å². The molecule has 0 aliphatic carbocycles. The van der Waals surface area contributed by atoms with E-state index < -0.39 is 5.91 Å². The van der Waals surface area contributed by atoms with E-state index in [0.29, 0.717) is 6.54 Å². The molecule has 0 radical (unpaired) electrons. The minimum absolute atomic E-state index is 0.258. The summed E-state index contributed by atoms with van der Waals surface area (Å²) in [4.78, 5) is 14.8. The number of nitrogens with two attached hydrogens (primary N) is 1. The van der Waals surface area contributed by atoms with Crippen LogP contribution in [0.25, 0.3) is 0 Å². The summed E-state index contributed by atoms with van der Waals surface area (Å²) in [5.74, 6) is -0.527. The van der Waals surface area contributed by atoms with E-state index in [0.717, 1.165) is 12.2 Å². The third kappa shape index (κ3) is 3.04. The maximum atomic E-state index is 10.9. The van der Waals surface area contributed by atoms with Gasteiger partial charge in [-0.1, -0.05) is 0 Å². The number of aromatic nitrogens is 3. The van der Waals surface area contributed by atoms with Crippen molar-refractivity contribution < 1.29 is 4.79 Å². The van der Waals surface area contributed by atoms with Gasteiger partial charge in [0.2, 0.25) is 0 Å². The number of carbonyl (C=O) groups excluding carboxylic acids is 1. The molecule has 0 bridgehead atoms. The van der Waals surface area contributed by atoms with Gasteiger partial charge in [-0.05, 0) is 18.2 Å². The molecule has 2 aromatic rings. The van der Waals surface area contributed by atoms with Crippen LogP contribution in [0.1, 0.15) is 10.5 Å². The van der Waals surface area contributed by atoms with Crippen molar-refractivity contribution in [2.75, 3.05) is 11.9 Å². The molecule has 0 saturated heterocycles. The second kappa shape index (κ2) is 5.11.